The van der Waals surface area contributed by atoms with E-state index in [0.717, 1.165) is 0 Å². The summed E-state index contributed by atoms with van der Waals surface area (Å²) in [4.78, 5) is 4.41. The van der Waals surface area contributed by atoms with Gasteiger partial charge >= 0.3 is 0 Å². The van der Waals surface area contributed by atoms with Crippen LogP contribution in [0.1, 0.15) is 43.2 Å². The third-order valence-electron chi connectivity index (χ3n) is 5.45. The number of anilines is 2. The van der Waals surface area contributed by atoms with Crippen molar-refractivity contribution in [3.8, 4) is 12.1 Å². The van der Waals surface area contributed by atoms with E-state index >= 15 is 0 Å². The highest BCUT2D eigenvalue weighted by Gasteiger charge is 2.31. The summed E-state index contributed by atoms with van der Waals surface area (Å²) >= 11 is 6.64. The van der Waals surface area contributed by atoms with E-state index in [2.05, 4.69) is 63.9 Å². The Morgan fingerprint density at radius 1 is 1.11 bits per heavy atom. The smallest absolute Gasteiger partial charge is 0.119 e. The lowest BCUT2D eigenvalue weighted by Crippen LogP contribution is -2.37. The van der Waals surface area contributed by atoms with Crippen molar-refractivity contribution in [3.05, 3.63) is 76.2 Å². The Morgan fingerprint density at radius 2 is 1.91 bits per heavy atom. The quantitative estimate of drug-likeness (QED) is 0.342. The summed E-state index contributed by atoms with van der Waals surface area (Å²) in [5.41, 5.74) is 2.31. The Kier molecular flexibility index (Phi) is 6.38. The molecule has 0 fully saturated rings. The molecule has 2 aromatic heterocycles. The van der Waals surface area contributed by atoms with E-state index in [1.807, 2.05) is 6.07 Å². The summed E-state index contributed by atoms with van der Waals surface area (Å²) in [6, 6.07) is 14.8. The topological polar surface area (TPSA) is 126 Å². The van der Waals surface area contributed by atoms with Gasteiger partial charge in [0.05, 0.1) is 45.1 Å². The number of nitriles is 2. The van der Waals surface area contributed by atoms with Crippen LogP contribution < -0.4 is 10.6 Å². The van der Waals surface area contributed by atoms with Crippen LogP contribution in [-0.2, 0) is 5.44 Å². The van der Waals surface area contributed by atoms with Crippen molar-refractivity contribution in [2.75, 3.05) is 17.2 Å². The van der Waals surface area contributed by atoms with Crippen LogP contribution in [-0.4, -0.2) is 34.8 Å². The fraction of sp³-hybridized carbons (Fsp3) is 0.240. The minimum absolute atomic E-state index is 0.0207. The monoisotopic (exact) mass is 480 g/mol. The summed E-state index contributed by atoms with van der Waals surface area (Å²) in [6.07, 6.45) is 3.03. The lowest BCUT2D eigenvalue weighted by atomic mass is 9.69. The van der Waals surface area contributed by atoms with Crippen molar-refractivity contribution in [3.63, 3.8) is 0 Å². The van der Waals surface area contributed by atoms with Crippen molar-refractivity contribution < 1.29 is 0 Å². The minimum atomic E-state index is -1.34. The average Bonchev–Trinajstić information content (AvgIpc) is 3.37. The molecule has 0 aliphatic carbocycles. The number of hydrogen-bond donors (Lipinski definition) is 3. The molecule has 0 spiro atoms. The van der Waals surface area contributed by atoms with E-state index in [9.17, 15) is 10.5 Å². The molecule has 0 saturated heterocycles. The average molecular weight is 481 g/mol. The summed E-state index contributed by atoms with van der Waals surface area (Å²) in [5.74, 6) is 0. The van der Waals surface area contributed by atoms with Gasteiger partial charge in [0.15, 0.2) is 0 Å². The van der Waals surface area contributed by atoms with Crippen LogP contribution in [0, 0.1) is 28.1 Å². The number of aromatic amines is 1. The van der Waals surface area contributed by atoms with Gasteiger partial charge in [0.1, 0.15) is 19.6 Å². The molecule has 1 atom stereocenters. The highest BCUT2D eigenvalue weighted by molar-refractivity contribution is 6.36. The Labute approximate surface area is 209 Å². The summed E-state index contributed by atoms with van der Waals surface area (Å²) in [7, 11) is 6.88. The van der Waals surface area contributed by atoms with Crippen LogP contribution in [0.3, 0.4) is 0 Å². The van der Waals surface area contributed by atoms with Crippen LogP contribution in [0.5, 0.6) is 0 Å². The highest BCUT2D eigenvalue weighted by atomic mass is 35.5. The molecule has 3 N–H and O–H groups in total. The van der Waals surface area contributed by atoms with Gasteiger partial charge < -0.3 is 10.6 Å². The molecule has 0 aliphatic heterocycles. The largest absolute Gasteiger partial charge is 0.383 e. The Bertz CT molecular complexity index is 1460. The zero-order valence-corrected chi connectivity index (χ0v) is 20.3. The molecular weight excluding hydrogens is 459 g/mol. The van der Waals surface area contributed by atoms with Gasteiger partial charge in [-0.05, 0) is 35.2 Å². The number of nitrogens with zero attached hydrogens (tertiary/aromatic N) is 5. The maximum atomic E-state index is 9.71. The first-order valence-electron chi connectivity index (χ1n) is 10.8. The molecule has 0 amide bonds. The van der Waals surface area contributed by atoms with Gasteiger partial charge in [0.2, 0.25) is 0 Å². The second-order valence-corrected chi connectivity index (χ2v) is 9.82. The number of hydrogen-bond acceptors (Lipinski definition) is 7. The van der Waals surface area contributed by atoms with Crippen molar-refractivity contribution in [1.29, 1.82) is 10.5 Å². The van der Waals surface area contributed by atoms with Gasteiger partial charge in [-0.1, -0.05) is 44.5 Å². The molecule has 0 saturated carbocycles. The van der Waals surface area contributed by atoms with Crippen LogP contribution >= 0.6 is 11.6 Å². The summed E-state index contributed by atoms with van der Waals surface area (Å²) in [5, 5.41) is 37.6. The standard InChI is InChI=1S/C25H22BClN8/c1-24(2,3)14-31-22-16(11-29)12-30-23-19(22)8-18(9-20(23)27)33-25(26,21-13-32-35-34-21)17-6-4-5-15(7-17)10-28/h4-9,12-13,33H,14H2,1-3H3,(H,30,31)(H,32,34,35). The van der Waals surface area contributed by atoms with E-state index in [1.165, 1.54) is 12.4 Å². The maximum Gasteiger partial charge on any atom is 0.119 e. The molecule has 10 heteroatoms. The first kappa shape index (κ1) is 24.1. The molecule has 172 valence electrons. The lowest BCUT2D eigenvalue weighted by Gasteiger charge is -2.32. The number of fused-ring (bicyclic) bond motifs is 1. The number of aromatic nitrogens is 4. The predicted molar refractivity (Wildman–Crippen MR) is 137 cm³/mol. The third-order valence-corrected chi connectivity index (χ3v) is 5.74. The molecule has 2 radical (unpaired) electrons. The van der Waals surface area contributed by atoms with Gasteiger partial charge in [-0.3, -0.25) is 4.98 Å². The maximum absolute atomic E-state index is 9.71. The summed E-state index contributed by atoms with van der Waals surface area (Å²) < 4.78 is 0. The van der Waals surface area contributed by atoms with Crippen molar-refractivity contribution in [1.82, 2.24) is 20.4 Å². The molecule has 0 aliphatic rings. The van der Waals surface area contributed by atoms with Gasteiger partial charge in [-0.15, -0.1) is 0 Å². The highest BCUT2D eigenvalue weighted by Crippen LogP contribution is 2.37. The molecule has 0 bridgehead atoms. The zero-order valence-electron chi connectivity index (χ0n) is 19.5. The van der Waals surface area contributed by atoms with Crippen LogP contribution in [0.25, 0.3) is 10.9 Å². The zero-order chi connectivity index (χ0) is 25.2. The number of pyridine rings is 1. The molecule has 2 aromatic carbocycles. The summed E-state index contributed by atoms with van der Waals surface area (Å²) in [6.45, 7) is 6.94. The minimum Gasteiger partial charge on any atom is -0.383 e. The fourth-order valence-corrected chi connectivity index (χ4v) is 3.97. The number of rotatable bonds is 6. The fourth-order valence-electron chi connectivity index (χ4n) is 3.70. The van der Waals surface area contributed by atoms with Gasteiger partial charge in [-0.2, -0.15) is 25.9 Å². The van der Waals surface area contributed by atoms with E-state index in [1.54, 1.807) is 30.3 Å². The Balaban J connectivity index is 1.86. The van der Waals surface area contributed by atoms with Crippen LogP contribution in [0.4, 0.5) is 11.4 Å². The van der Waals surface area contributed by atoms with Crippen molar-refractivity contribution in [2.24, 2.45) is 5.41 Å². The van der Waals surface area contributed by atoms with Crippen molar-refractivity contribution >= 4 is 41.7 Å². The third kappa shape index (κ3) is 4.91. The second kappa shape index (κ2) is 9.29. The van der Waals surface area contributed by atoms with E-state index < -0.39 is 5.44 Å². The van der Waals surface area contributed by atoms with E-state index in [0.29, 0.717) is 56.2 Å². The number of halogens is 1. The first-order valence-corrected chi connectivity index (χ1v) is 11.2. The van der Waals surface area contributed by atoms with Gasteiger partial charge in [-0.25, -0.2) is 0 Å². The number of benzene rings is 2. The molecular formula is C25H22BClN8. The van der Waals surface area contributed by atoms with Gasteiger partial charge in [0, 0.05) is 23.8 Å². The molecule has 1 unspecified atom stereocenters. The Hall–Kier alpha value is -4.08. The molecule has 8 nitrogen and oxygen atoms in total. The van der Waals surface area contributed by atoms with Crippen LogP contribution in [0.2, 0.25) is 5.02 Å². The molecule has 4 aromatic rings. The van der Waals surface area contributed by atoms with E-state index in [-0.39, 0.29) is 5.41 Å². The lowest BCUT2D eigenvalue weighted by molar-refractivity contribution is 0.443. The van der Waals surface area contributed by atoms with Crippen LogP contribution in [0.15, 0.2) is 48.8 Å². The number of H-pyrrole nitrogens is 1. The Morgan fingerprint density at radius 3 is 2.57 bits per heavy atom. The SMILES string of the molecule is [B]C(Nc1cc(Cl)c2ncc(C#N)c(NCC(C)(C)C)c2c1)(c1cccc(C#N)c1)c1cn[nH]n1. The van der Waals surface area contributed by atoms with Gasteiger partial charge in [0.25, 0.3) is 0 Å². The molecule has 2 heterocycles. The number of nitrogens with one attached hydrogen (secondary N) is 3. The van der Waals surface area contributed by atoms with Crippen molar-refractivity contribution in [2.45, 2.75) is 26.2 Å². The normalized spacial score (nSPS) is 13.0. The first-order chi connectivity index (χ1) is 16.6. The molecule has 4 rings (SSSR count). The second-order valence-electron chi connectivity index (χ2n) is 9.41. The predicted octanol–water partition coefficient (Wildman–Crippen LogP) is 4.69. The van der Waals surface area contributed by atoms with E-state index in [4.69, 9.17) is 19.4 Å². The molecule has 35 heavy (non-hydrogen) atoms.